The summed E-state index contributed by atoms with van der Waals surface area (Å²) in [5.41, 5.74) is -1.57. The quantitative estimate of drug-likeness (QED) is 0.252. The molecule has 2 aliphatic rings. The molecule has 2 fully saturated rings. The molecule has 0 amide bonds. The van der Waals surface area contributed by atoms with Crippen LogP contribution < -0.4 is 5.32 Å². The van der Waals surface area contributed by atoms with Crippen molar-refractivity contribution in [3.63, 3.8) is 0 Å². The third-order valence-corrected chi connectivity index (χ3v) is 9.43. The van der Waals surface area contributed by atoms with Crippen LogP contribution in [0.4, 0.5) is 14.5 Å². The lowest BCUT2D eigenvalue weighted by molar-refractivity contribution is -0.0652. The third-order valence-electron chi connectivity index (χ3n) is 5.79. The number of alkyl halides is 2. The number of nitrogens with zero attached hydrogens (tertiary/aromatic N) is 3. The standard InChI is InChI=1S/C17H23ClF2N4O9P2/c18-13-3-10(22-9-1-2-16(19,20)4-9)11-5-21-15(24(11)23-13)17(26)7-32-12(14(17)25)6-33-35(30,31)8-34(27,28)29/h3,5,9,12,14,22,25-26H,1-2,4,6-8H2,(H,30,31)(H2,27,28,29)/t9?,12-,14-,17+/m1/s1. The van der Waals surface area contributed by atoms with Crippen molar-refractivity contribution in [2.75, 3.05) is 24.4 Å². The molecule has 3 heterocycles. The molecule has 1 saturated carbocycles. The Hall–Kier alpha value is -1.25. The fourth-order valence-electron chi connectivity index (χ4n) is 4.17. The number of fused-ring (bicyclic) bond motifs is 1. The highest BCUT2D eigenvalue weighted by Gasteiger charge is 2.53. The predicted molar refractivity (Wildman–Crippen MR) is 117 cm³/mol. The van der Waals surface area contributed by atoms with Crippen LogP contribution in [0.5, 0.6) is 0 Å². The molecule has 1 aliphatic carbocycles. The highest BCUT2D eigenvalue weighted by atomic mass is 35.5. The van der Waals surface area contributed by atoms with E-state index in [1.54, 1.807) is 0 Å². The van der Waals surface area contributed by atoms with E-state index in [1.807, 2.05) is 0 Å². The first-order valence-corrected chi connectivity index (χ1v) is 14.2. The second-order valence-electron chi connectivity index (χ2n) is 8.66. The Morgan fingerprint density at radius 2 is 2.06 bits per heavy atom. The number of aromatic nitrogens is 3. The number of aliphatic hydroxyl groups excluding tert-OH is 1. The number of halogens is 3. The summed E-state index contributed by atoms with van der Waals surface area (Å²) < 4.78 is 61.1. The van der Waals surface area contributed by atoms with Crippen molar-refractivity contribution < 1.29 is 52.1 Å². The number of imidazole rings is 1. The molecule has 35 heavy (non-hydrogen) atoms. The maximum Gasteiger partial charge on any atom is 0.340 e. The van der Waals surface area contributed by atoms with Crippen LogP contribution in [0.1, 0.15) is 25.1 Å². The van der Waals surface area contributed by atoms with E-state index in [-0.39, 0.29) is 35.8 Å². The average Bonchev–Trinajstić information content (AvgIpc) is 3.36. The molecule has 196 valence electrons. The molecule has 2 aromatic rings. The van der Waals surface area contributed by atoms with Gasteiger partial charge in [0.1, 0.15) is 17.7 Å². The topological polar surface area (TPSA) is 196 Å². The Morgan fingerprint density at radius 1 is 1.34 bits per heavy atom. The summed E-state index contributed by atoms with van der Waals surface area (Å²) in [6.45, 7) is -1.31. The number of hydrogen-bond acceptors (Lipinski definition) is 9. The number of nitrogens with one attached hydrogen (secondary N) is 1. The first kappa shape index (κ1) is 26.8. The summed E-state index contributed by atoms with van der Waals surface area (Å²) in [6, 6.07) is 0.888. The van der Waals surface area contributed by atoms with Crippen molar-refractivity contribution >= 4 is 38.0 Å². The van der Waals surface area contributed by atoms with Gasteiger partial charge in [0.2, 0.25) is 5.92 Å². The van der Waals surface area contributed by atoms with Gasteiger partial charge >= 0.3 is 15.2 Å². The van der Waals surface area contributed by atoms with Crippen LogP contribution in [0.15, 0.2) is 12.3 Å². The minimum Gasteiger partial charge on any atom is -0.387 e. The number of ether oxygens (including phenoxy) is 1. The van der Waals surface area contributed by atoms with E-state index >= 15 is 0 Å². The molecule has 18 heteroatoms. The van der Waals surface area contributed by atoms with Crippen LogP contribution in [0, 0.1) is 0 Å². The lowest BCUT2D eigenvalue weighted by Crippen LogP contribution is -2.44. The third kappa shape index (κ3) is 5.85. The number of hydrogen-bond donors (Lipinski definition) is 6. The van der Waals surface area contributed by atoms with Crippen LogP contribution >= 0.6 is 26.8 Å². The van der Waals surface area contributed by atoms with Gasteiger partial charge in [-0.3, -0.25) is 9.13 Å². The molecular formula is C17H23ClF2N4O9P2. The van der Waals surface area contributed by atoms with Crippen molar-refractivity contribution in [3.05, 3.63) is 23.2 Å². The SMILES string of the molecule is O=P(O)(O)CP(=O)(O)OC[C@H]1OC[C@@](O)(c2ncc3c(NC4CCC(F)(F)C4)cc(Cl)nn23)[C@@H]1O. The van der Waals surface area contributed by atoms with Crippen molar-refractivity contribution in [2.45, 2.75) is 49.0 Å². The smallest absolute Gasteiger partial charge is 0.340 e. The van der Waals surface area contributed by atoms with Gasteiger partial charge in [-0.15, -0.1) is 0 Å². The molecule has 0 radical (unpaired) electrons. The summed E-state index contributed by atoms with van der Waals surface area (Å²) in [6.07, 6.45) is -2.21. The van der Waals surface area contributed by atoms with Crippen LogP contribution in [-0.2, 0) is 24.0 Å². The van der Waals surface area contributed by atoms with E-state index in [4.69, 9.17) is 26.1 Å². The number of rotatable bonds is 8. The summed E-state index contributed by atoms with van der Waals surface area (Å²) in [7, 11) is -9.58. The first-order valence-electron chi connectivity index (χ1n) is 10.3. The Balaban J connectivity index is 1.54. The van der Waals surface area contributed by atoms with Crippen LogP contribution in [0.3, 0.4) is 0 Å². The summed E-state index contributed by atoms with van der Waals surface area (Å²) in [5, 5.41) is 28.9. The Morgan fingerprint density at radius 3 is 2.69 bits per heavy atom. The van der Waals surface area contributed by atoms with Gasteiger partial charge in [0, 0.05) is 24.9 Å². The van der Waals surface area contributed by atoms with E-state index < -0.39 is 64.1 Å². The second kappa shape index (κ2) is 9.25. The monoisotopic (exact) mass is 562 g/mol. The molecular weight excluding hydrogens is 540 g/mol. The molecule has 0 bridgehead atoms. The van der Waals surface area contributed by atoms with E-state index in [0.717, 1.165) is 4.52 Å². The van der Waals surface area contributed by atoms with Gasteiger partial charge in [-0.25, -0.2) is 18.3 Å². The number of anilines is 1. The zero-order valence-electron chi connectivity index (χ0n) is 17.9. The maximum atomic E-state index is 13.6. The molecule has 5 atom stereocenters. The largest absolute Gasteiger partial charge is 0.387 e. The molecule has 13 nitrogen and oxygen atoms in total. The molecule has 4 rings (SSSR count). The van der Waals surface area contributed by atoms with Gasteiger partial charge in [-0.2, -0.15) is 5.10 Å². The average molecular weight is 563 g/mol. The van der Waals surface area contributed by atoms with Gasteiger partial charge in [0.15, 0.2) is 22.5 Å². The van der Waals surface area contributed by atoms with E-state index in [0.29, 0.717) is 5.69 Å². The fourth-order valence-corrected chi connectivity index (χ4v) is 6.92. The molecule has 0 spiro atoms. The molecule has 2 unspecified atom stereocenters. The van der Waals surface area contributed by atoms with Crippen LogP contribution in [-0.4, -0.2) is 82.8 Å². The Bertz CT molecular complexity index is 1210. The van der Waals surface area contributed by atoms with Crippen molar-refractivity contribution in [3.8, 4) is 0 Å². The Kier molecular flexibility index (Phi) is 7.08. The van der Waals surface area contributed by atoms with Crippen molar-refractivity contribution in [2.24, 2.45) is 0 Å². The fraction of sp³-hybridized carbons (Fsp3) is 0.647. The minimum absolute atomic E-state index is 0.0560. The maximum absolute atomic E-state index is 13.6. The van der Waals surface area contributed by atoms with Gasteiger partial charge < -0.3 is 39.5 Å². The van der Waals surface area contributed by atoms with Crippen molar-refractivity contribution in [1.82, 2.24) is 14.6 Å². The molecule has 1 aliphatic heterocycles. The van der Waals surface area contributed by atoms with Crippen LogP contribution in [0.2, 0.25) is 5.15 Å². The van der Waals surface area contributed by atoms with E-state index in [1.165, 1.54) is 12.3 Å². The zero-order valence-corrected chi connectivity index (χ0v) is 20.4. The first-order chi connectivity index (χ1) is 16.1. The lowest BCUT2D eigenvalue weighted by atomic mass is 9.96. The summed E-state index contributed by atoms with van der Waals surface area (Å²) in [4.78, 5) is 31.5. The lowest BCUT2D eigenvalue weighted by Gasteiger charge is -2.25. The van der Waals surface area contributed by atoms with Gasteiger partial charge in [-0.05, 0) is 6.42 Å². The highest BCUT2D eigenvalue weighted by molar-refractivity contribution is 7.70. The van der Waals surface area contributed by atoms with Crippen LogP contribution in [0.25, 0.3) is 5.52 Å². The van der Waals surface area contributed by atoms with Gasteiger partial charge in [0.05, 0.1) is 25.1 Å². The summed E-state index contributed by atoms with van der Waals surface area (Å²) >= 11 is 6.10. The molecule has 1 saturated heterocycles. The predicted octanol–water partition coefficient (Wildman–Crippen LogP) is 1.27. The molecule has 6 N–H and O–H groups in total. The van der Waals surface area contributed by atoms with E-state index in [2.05, 4.69) is 19.9 Å². The minimum atomic E-state index is -4.86. The summed E-state index contributed by atoms with van der Waals surface area (Å²) in [5.74, 6) is -4.41. The molecule has 2 aromatic heterocycles. The molecule has 0 aromatic carbocycles. The van der Waals surface area contributed by atoms with Gasteiger partial charge in [-0.1, -0.05) is 11.6 Å². The normalized spacial score (nSPS) is 30.6. The van der Waals surface area contributed by atoms with E-state index in [9.17, 15) is 33.0 Å². The highest BCUT2D eigenvalue weighted by Crippen LogP contribution is 2.55. The van der Waals surface area contributed by atoms with Crippen molar-refractivity contribution in [1.29, 1.82) is 0 Å². The second-order valence-corrected chi connectivity index (χ2v) is 13.0. The van der Waals surface area contributed by atoms with Gasteiger partial charge in [0.25, 0.3) is 0 Å². The zero-order chi connectivity index (χ0) is 25.8. The number of aliphatic hydroxyl groups is 2. The Labute approximate surface area is 201 Å².